The Morgan fingerprint density at radius 3 is 2.39 bits per heavy atom. The second-order valence-electron chi connectivity index (χ2n) is 4.86. The predicted octanol–water partition coefficient (Wildman–Crippen LogP) is 1.85. The van der Waals surface area contributed by atoms with Crippen molar-refractivity contribution in [1.29, 1.82) is 0 Å². The fourth-order valence-electron chi connectivity index (χ4n) is 2.23. The molecule has 3 atom stereocenters. The number of likely N-dealkylation sites (N-methyl/N-ethyl adjacent to an activating group) is 1. The highest BCUT2D eigenvalue weighted by Gasteiger charge is 2.44. The lowest BCUT2D eigenvalue weighted by atomic mass is 9.95. The lowest BCUT2D eigenvalue weighted by molar-refractivity contribution is -0.282. The molecule has 2 rings (SSSR count). The van der Waals surface area contributed by atoms with Crippen LogP contribution in [0.4, 0.5) is 8.78 Å². The first-order valence-electron chi connectivity index (χ1n) is 5.89. The summed E-state index contributed by atoms with van der Waals surface area (Å²) in [7, 11) is 1.85. The summed E-state index contributed by atoms with van der Waals surface area (Å²) in [6, 6.07) is 2.71. The predicted molar refractivity (Wildman–Crippen MR) is 62.9 cm³/mol. The first-order valence-corrected chi connectivity index (χ1v) is 5.89. The molecule has 0 spiro atoms. The Kier molecular flexibility index (Phi) is 3.40. The van der Waals surface area contributed by atoms with Gasteiger partial charge in [-0.15, -0.1) is 0 Å². The van der Waals surface area contributed by atoms with Crippen LogP contribution in [0.3, 0.4) is 0 Å². The summed E-state index contributed by atoms with van der Waals surface area (Å²) in [5, 5.41) is 10.6. The van der Waals surface area contributed by atoms with Crippen LogP contribution in [0.15, 0.2) is 18.2 Å². The number of benzene rings is 1. The Morgan fingerprint density at radius 2 is 1.83 bits per heavy atom. The zero-order chi connectivity index (χ0) is 13.5. The van der Waals surface area contributed by atoms with Crippen LogP contribution < -0.4 is 0 Å². The number of ether oxygens (including phenoxy) is 1. The van der Waals surface area contributed by atoms with Crippen molar-refractivity contribution >= 4 is 0 Å². The molecule has 0 aliphatic carbocycles. The standard InChI is InChI=1S/C13H17F2NO2/c1-8-7-18-13(17,9(2)16(8)3)10-4-11(14)6-12(15)5-10/h4-6,8-9,17H,7H2,1-3H3/t8-,9+,13-/m0/s1. The van der Waals surface area contributed by atoms with Crippen molar-refractivity contribution < 1.29 is 18.6 Å². The van der Waals surface area contributed by atoms with E-state index in [0.717, 1.165) is 18.2 Å². The Balaban J connectivity index is 2.41. The van der Waals surface area contributed by atoms with E-state index < -0.39 is 23.5 Å². The van der Waals surface area contributed by atoms with Crippen molar-refractivity contribution in [3.05, 3.63) is 35.4 Å². The van der Waals surface area contributed by atoms with Crippen LogP contribution in [-0.4, -0.2) is 35.7 Å². The minimum absolute atomic E-state index is 0.103. The van der Waals surface area contributed by atoms with E-state index in [2.05, 4.69) is 0 Å². The molecule has 0 unspecified atom stereocenters. The third-order valence-electron chi connectivity index (χ3n) is 3.69. The molecule has 1 fully saturated rings. The maximum atomic E-state index is 13.2. The number of nitrogens with zero attached hydrogens (tertiary/aromatic N) is 1. The molecule has 1 N–H and O–H groups in total. The van der Waals surface area contributed by atoms with Gasteiger partial charge < -0.3 is 9.84 Å². The molecule has 1 aliphatic rings. The second-order valence-corrected chi connectivity index (χ2v) is 4.86. The molecule has 1 heterocycles. The van der Waals surface area contributed by atoms with Crippen molar-refractivity contribution in [2.24, 2.45) is 0 Å². The average Bonchev–Trinajstić information content (AvgIpc) is 2.30. The highest BCUT2D eigenvalue weighted by Crippen LogP contribution is 2.34. The SMILES string of the molecule is C[C@H]1CO[C@](O)(c2cc(F)cc(F)c2)[C@@H](C)N1C. The van der Waals surface area contributed by atoms with E-state index in [1.54, 1.807) is 6.92 Å². The van der Waals surface area contributed by atoms with Crippen LogP contribution in [-0.2, 0) is 10.5 Å². The van der Waals surface area contributed by atoms with Gasteiger partial charge in [0.15, 0.2) is 0 Å². The van der Waals surface area contributed by atoms with E-state index in [4.69, 9.17) is 4.74 Å². The normalized spacial score (nSPS) is 33.7. The number of hydrogen-bond acceptors (Lipinski definition) is 3. The highest BCUT2D eigenvalue weighted by molar-refractivity contribution is 5.24. The maximum Gasteiger partial charge on any atom is 0.208 e. The summed E-state index contributed by atoms with van der Waals surface area (Å²) in [5.41, 5.74) is 0.103. The Labute approximate surface area is 105 Å². The quantitative estimate of drug-likeness (QED) is 0.833. The summed E-state index contributed by atoms with van der Waals surface area (Å²) in [5.74, 6) is -3.14. The Bertz CT molecular complexity index is 434. The molecule has 0 saturated carbocycles. The van der Waals surface area contributed by atoms with Gasteiger partial charge in [0, 0.05) is 17.7 Å². The van der Waals surface area contributed by atoms with Crippen LogP contribution in [0.2, 0.25) is 0 Å². The van der Waals surface area contributed by atoms with Crippen LogP contribution in [0.1, 0.15) is 19.4 Å². The van der Waals surface area contributed by atoms with Crippen molar-refractivity contribution in [3.63, 3.8) is 0 Å². The summed E-state index contributed by atoms with van der Waals surface area (Å²) >= 11 is 0. The molecule has 5 heteroatoms. The lowest BCUT2D eigenvalue weighted by Crippen LogP contribution is -2.58. The van der Waals surface area contributed by atoms with Gasteiger partial charge in [0.1, 0.15) is 11.6 Å². The second kappa shape index (κ2) is 4.57. The van der Waals surface area contributed by atoms with Gasteiger partial charge in [0.25, 0.3) is 0 Å². The molecule has 3 nitrogen and oxygen atoms in total. The molecule has 1 aromatic carbocycles. The smallest absolute Gasteiger partial charge is 0.208 e. The zero-order valence-corrected chi connectivity index (χ0v) is 10.7. The molecule has 100 valence electrons. The van der Waals surface area contributed by atoms with Gasteiger partial charge in [0.2, 0.25) is 5.79 Å². The number of rotatable bonds is 1. The molecule has 1 aliphatic heterocycles. The van der Waals surface area contributed by atoms with Gasteiger partial charge in [0.05, 0.1) is 12.6 Å². The molecule has 1 aromatic rings. The number of morpholine rings is 1. The van der Waals surface area contributed by atoms with Crippen LogP contribution in [0.5, 0.6) is 0 Å². The number of halogens is 2. The molecule has 18 heavy (non-hydrogen) atoms. The summed E-state index contributed by atoms with van der Waals surface area (Å²) in [6.45, 7) is 4.02. The summed E-state index contributed by atoms with van der Waals surface area (Å²) < 4.78 is 31.9. The molecule has 0 amide bonds. The Hall–Kier alpha value is -1.04. The fraction of sp³-hybridized carbons (Fsp3) is 0.538. The van der Waals surface area contributed by atoms with Crippen LogP contribution >= 0.6 is 0 Å². The van der Waals surface area contributed by atoms with Crippen LogP contribution in [0, 0.1) is 11.6 Å². The van der Waals surface area contributed by atoms with Gasteiger partial charge in [-0.2, -0.15) is 0 Å². The van der Waals surface area contributed by atoms with E-state index >= 15 is 0 Å². The van der Waals surface area contributed by atoms with Crippen molar-refractivity contribution in [2.75, 3.05) is 13.7 Å². The first-order chi connectivity index (χ1) is 8.34. The van der Waals surface area contributed by atoms with Gasteiger partial charge >= 0.3 is 0 Å². The number of aliphatic hydroxyl groups is 1. The van der Waals surface area contributed by atoms with Gasteiger partial charge in [-0.25, -0.2) is 8.78 Å². The minimum Gasteiger partial charge on any atom is -0.361 e. The average molecular weight is 257 g/mol. The zero-order valence-electron chi connectivity index (χ0n) is 10.7. The highest BCUT2D eigenvalue weighted by atomic mass is 19.1. The molecule has 0 aromatic heterocycles. The van der Waals surface area contributed by atoms with Crippen molar-refractivity contribution in [2.45, 2.75) is 31.7 Å². The van der Waals surface area contributed by atoms with Gasteiger partial charge in [-0.05, 0) is 33.0 Å². The summed E-state index contributed by atoms with van der Waals surface area (Å²) in [4.78, 5) is 1.92. The van der Waals surface area contributed by atoms with Crippen LogP contribution in [0.25, 0.3) is 0 Å². The summed E-state index contributed by atoms with van der Waals surface area (Å²) in [6.07, 6.45) is 0. The van der Waals surface area contributed by atoms with Crippen molar-refractivity contribution in [1.82, 2.24) is 4.90 Å². The largest absolute Gasteiger partial charge is 0.361 e. The molecule has 0 radical (unpaired) electrons. The van der Waals surface area contributed by atoms with E-state index in [-0.39, 0.29) is 11.6 Å². The fourth-order valence-corrected chi connectivity index (χ4v) is 2.23. The maximum absolute atomic E-state index is 13.2. The molecular weight excluding hydrogens is 240 g/mol. The Morgan fingerprint density at radius 1 is 1.28 bits per heavy atom. The van der Waals surface area contributed by atoms with Crippen molar-refractivity contribution in [3.8, 4) is 0 Å². The molecule has 0 bridgehead atoms. The first kappa shape index (κ1) is 13.4. The van der Waals surface area contributed by atoms with Gasteiger partial charge in [-0.3, -0.25) is 4.90 Å². The third kappa shape index (κ3) is 2.13. The van der Waals surface area contributed by atoms with E-state index in [9.17, 15) is 13.9 Å². The monoisotopic (exact) mass is 257 g/mol. The molecule has 1 saturated heterocycles. The lowest BCUT2D eigenvalue weighted by Gasteiger charge is -2.46. The van der Waals surface area contributed by atoms with E-state index in [0.29, 0.717) is 6.61 Å². The van der Waals surface area contributed by atoms with E-state index in [1.165, 1.54) is 0 Å². The third-order valence-corrected chi connectivity index (χ3v) is 3.69. The molecular formula is C13H17F2NO2. The topological polar surface area (TPSA) is 32.7 Å². The number of hydrogen-bond donors (Lipinski definition) is 1. The van der Waals surface area contributed by atoms with E-state index in [1.807, 2.05) is 18.9 Å². The van der Waals surface area contributed by atoms with Gasteiger partial charge in [-0.1, -0.05) is 0 Å². The minimum atomic E-state index is -1.69.